The molecule has 1 N–H and O–H groups in total. The van der Waals surface area contributed by atoms with Gasteiger partial charge in [0, 0.05) is 43.5 Å². The number of amides is 2. The molecule has 0 spiro atoms. The Morgan fingerprint density at radius 1 is 0.938 bits per heavy atom. The van der Waals surface area contributed by atoms with E-state index in [2.05, 4.69) is 5.32 Å². The minimum Gasteiger partial charge on any atom is -0.322 e. The van der Waals surface area contributed by atoms with Gasteiger partial charge in [0.1, 0.15) is 0 Å². The first-order valence-corrected chi connectivity index (χ1v) is 12.4. The van der Waals surface area contributed by atoms with E-state index in [4.69, 9.17) is 0 Å². The molecule has 2 aliphatic rings. The van der Waals surface area contributed by atoms with E-state index in [0.717, 1.165) is 43.5 Å². The molecule has 0 bridgehead atoms. The van der Waals surface area contributed by atoms with Gasteiger partial charge in [-0.3, -0.25) is 9.59 Å². The maximum Gasteiger partial charge on any atom is 0.248 e. The lowest BCUT2D eigenvalue weighted by Gasteiger charge is -2.26. The number of carbonyl (C=O) groups excluding carboxylic acids is 2. The smallest absolute Gasteiger partial charge is 0.248 e. The molecule has 2 fully saturated rings. The third kappa shape index (κ3) is 5.08. The minimum atomic E-state index is -3.55. The van der Waals surface area contributed by atoms with E-state index < -0.39 is 10.0 Å². The molecule has 0 aliphatic carbocycles. The molecule has 2 heterocycles. The Kier molecular flexibility index (Phi) is 6.72. The number of piperidine rings is 1. The van der Waals surface area contributed by atoms with Crippen LogP contribution in [0.25, 0.3) is 6.08 Å². The van der Waals surface area contributed by atoms with E-state index in [1.165, 1.54) is 16.4 Å². The fourth-order valence-corrected chi connectivity index (χ4v) is 5.59. The summed E-state index contributed by atoms with van der Waals surface area (Å²) in [5, 5.41) is 2.73. The Hall–Kier alpha value is -2.97. The Balaban J connectivity index is 1.39. The predicted octanol–water partition coefficient (Wildman–Crippen LogP) is 3.64. The Morgan fingerprint density at radius 3 is 2.38 bits per heavy atom. The highest BCUT2D eigenvalue weighted by molar-refractivity contribution is 7.89. The zero-order valence-corrected chi connectivity index (χ0v) is 18.7. The molecule has 2 amide bonds. The van der Waals surface area contributed by atoms with Crippen molar-refractivity contribution in [1.29, 1.82) is 0 Å². The normalized spacial score (nSPS) is 17.8. The molecular formula is C24H27N3O4S. The van der Waals surface area contributed by atoms with Crippen LogP contribution in [0.15, 0.2) is 59.5 Å². The van der Waals surface area contributed by atoms with Gasteiger partial charge < -0.3 is 10.2 Å². The number of sulfonamides is 1. The highest BCUT2D eigenvalue weighted by Crippen LogP contribution is 2.24. The number of nitrogens with zero attached hydrogens (tertiary/aromatic N) is 2. The topological polar surface area (TPSA) is 86.8 Å². The number of nitrogens with one attached hydrogen (secondary N) is 1. The fraction of sp³-hybridized carbons (Fsp3) is 0.333. The second-order valence-electron chi connectivity index (χ2n) is 8.06. The second-order valence-corrected chi connectivity index (χ2v) is 9.99. The summed E-state index contributed by atoms with van der Waals surface area (Å²) >= 11 is 0. The summed E-state index contributed by atoms with van der Waals surface area (Å²) in [6.45, 7) is 1.81. The van der Waals surface area contributed by atoms with Crippen LogP contribution in [0.4, 0.5) is 11.4 Å². The highest BCUT2D eigenvalue weighted by Gasteiger charge is 2.26. The van der Waals surface area contributed by atoms with E-state index >= 15 is 0 Å². The maximum atomic E-state index is 12.9. The van der Waals surface area contributed by atoms with Crippen molar-refractivity contribution >= 4 is 39.3 Å². The molecule has 2 aromatic rings. The summed E-state index contributed by atoms with van der Waals surface area (Å²) in [6.07, 6.45) is 7.34. The van der Waals surface area contributed by atoms with Gasteiger partial charge in [0.2, 0.25) is 21.8 Å². The van der Waals surface area contributed by atoms with Crippen LogP contribution in [-0.2, 0) is 19.6 Å². The van der Waals surface area contributed by atoms with Crippen molar-refractivity contribution in [2.75, 3.05) is 29.9 Å². The Bertz CT molecular complexity index is 1120. The van der Waals surface area contributed by atoms with Crippen molar-refractivity contribution in [3.63, 3.8) is 0 Å². The third-order valence-electron chi connectivity index (χ3n) is 5.76. The summed E-state index contributed by atoms with van der Waals surface area (Å²) in [5.41, 5.74) is 2.12. The summed E-state index contributed by atoms with van der Waals surface area (Å²) in [6, 6.07) is 13.8. The van der Waals surface area contributed by atoms with Gasteiger partial charge in [-0.25, -0.2) is 8.42 Å². The molecule has 0 atom stereocenters. The number of hydrogen-bond acceptors (Lipinski definition) is 4. The third-order valence-corrected chi connectivity index (χ3v) is 7.65. The van der Waals surface area contributed by atoms with Crippen LogP contribution in [0.3, 0.4) is 0 Å². The van der Waals surface area contributed by atoms with Crippen molar-refractivity contribution in [3.8, 4) is 0 Å². The van der Waals surface area contributed by atoms with Crippen molar-refractivity contribution in [1.82, 2.24) is 4.31 Å². The first kappa shape index (κ1) is 22.2. The standard InChI is InChI=1S/C24H27N3O4S/c28-23(14-11-19-9-12-21(13-10-19)27-17-5-8-24(27)29)25-20-6-4-7-22(18-20)32(30,31)26-15-2-1-3-16-26/h4,6-7,9-14,18H,1-3,5,8,15-17H2,(H,25,28)/b14-11+. The molecule has 2 saturated heterocycles. The predicted molar refractivity (Wildman–Crippen MR) is 125 cm³/mol. The van der Waals surface area contributed by atoms with Crippen LogP contribution in [0.1, 0.15) is 37.7 Å². The number of carbonyl (C=O) groups is 2. The van der Waals surface area contributed by atoms with Gasteiger partial charge >= 0.3 is 0 Å². The summed E-state index contributed by atoms with van der Waals surface area (Å²) in [4.78, 5) is 26.2. The molecule has 168 valence electrons. The van der Waals surface area contributed by atoms with E-state index in [1.54, 1.807) is 29.2 Å². The van der Waals surface area contributed by atoms with Gasteiger partial charge in [-0.05, 0) is 61.2 Å². The molecule has 0 saturated carbocycles. The van der Waals surface area contributed by atoms with Crippen LogP contribution in [-0.4, -0.2) is 44.2 Å². The first-order chi connectivity index (χ1) is 15.4. The zero-order valence-electron chi connectivity index (χ0n) is 17.9. The van der Waals surface area contributed by atoms with Crippen molar-refractivity contribution in [2.45, 2.75) is 37.0 Å². The number of rotatable bonds is 6. The van der Waals surface area contributed by atoms with Crippen LogP contribution in [0.5, 0.6) is 0 Å². The SMILES string of the molecule is O=C(/C=C/c1ccc(N2CCCC2=O)cc1)Nc1cccc(S(=O)(=O)N2CCCCC2)c1. The molecule has 7 nitrogen and oxygen atoms in total. The molecule has 0 unspecified atom stereocenters. The number of benzene rings is 2. The number of hydrogen-bond donors (Lipinski definition) is 1. The van der Waals surface area contributed by atoms with Crippen LogP contribution >= 0.6 is 0 Å². The molecule has 32 heavy (non-hydrogen) atoms. The van der Waals surface area contributed by atoms with Gasteiger partial charge in [-0.2, -0.15) is 4.31 Å². The van der Waals surface area contributed by atoms with Crippen LogP contribution < -0.4 is 10.2 Å². The van der Waals surface area contributed by atoms with Gasteiger partial charge in [0.15, 0.2) is 0 Å². The maximum absolute atomic E-state index is 12.9. The van der Waals surface area contributed by atoms with E-state index in [1.807, 2.05) is 24.3 Å². The lowest BCUT2D eigenvalue weighted by Crippen LogP contribution is -2.35. The molecule has 8 heteroatoms. The Labute approximate surface area is 188 Å². The molecule has 0 radical (unpaired) electrons. The van der Waals surface area contributed by atoms with E-state index in [9.17, 15) is 18.0 Å². The molecule has 0 aromatic heterocycles. The zero-order chi connectivity index (χ0) is 22.6. The fourth-order valence-electron chi connectivity index (χ4n) is 4.03. The Morgan fingerprint density at radius 2 is 1.69 bits per heavy atom. The summed E-state index contributed by atoms with van der Waals surface area (Å²) in [7, 11) is -3.55. The molecular weight excluding hydrogens is 426 g/mol. The van der Waals surface area contributed by atoms with Gasteiger partial charge in [0.05, 0.1) is 4.90 Å². The van der Waals surface area contributed by atoms with Crippen LogP contribution in [0, 0.1) is 0 Å². The van der Waals surface area contributed by atoms with Crippen molar-refractivity contribution < 1.29 is 18.0 Å². The lowest BCUT2D eigenvalue weighted by molar-refractivity contribution is -0.117. The quantitative estimate of drug-likeness (QED) is 0.677. The second kappa shape index (κ2) is 9.67. The number of anilines is 2. The largest absolute Gasteiger partial charge is 0.322 e. The molecule has 4 rings (SSSR count). The first-order valence-electron chi connectivity index (χ1n) is 10.9. The monoisotopic (exact) mass is 453 g/mol. The van der Waals surface area contributed by atoms with Crippen LogP contribution in [0.2, 0.25) is 0 Å². The van der Waals surface area contributed by atoms with Gasteiger partial charge in [0.25, 0.3) is 0 Å². The van der Waals surface area contributed by atoms with Crippen molar-refractivity contribution in [3.05, 3.63) is 60.2 Å². The van der Waals surface area contributed by atoms with E-state index in [0.29, 0.717) is 25.2 Å². The van der Waals surface area contributed by atoms with Gasteiger partial charge in [-0.15, -0.1) is 0 Å². The van der Waals surface area contributed by atoms with Crippen molar-refractivity contribution in [2.24, 2.45) is 0 Å². The lowest BCUT2D eigenvalue weighted by atomic mass is 10.2. The average Bonchev–Trinajstić information content (AvgIpc) is 3.24. The molecule has 2 aliphatic heterocycles. The summed E-state index contributed by atoms with van der Waals surface area (Å²) < 4.78 is 27.2. The molecule has 2 aromatic carbocycles. The highest BCUT2D eigenvalue weighted by atomic mass is 32.2. The summed E-state index contributed by atoms with van der Waals surface area (Å²) in [5.74, 6) is -0.214. The van der Waals surface area contributed by atoms with E-state index in [-0.39, 0.29) is 16.7 Å². The average molecular weight is 454 g/mol. The minimum absolute atomic E-state index is 0.136. The van der Waals surface area contributed by atoms with Gasteiger partial charge in [-0.1, -0.05) is 24.6 Å².